The van der Waals surface area contributed by atoms with Crippen LogP contribution in [0, 0.1) is 0 Å². The highest BCUT2D eigenvalue weighted by molar-refractivity contribution is 7.54. The molecular weight excluding hydrogens is 255 g/mol. The highest BCUT2D eigenvalue weighted by atomic mass is 31.2. The molecule has 0 atom stereocenters. The first-order chi connectivity index (χ1) is 8.58. The molecule has 0 N–H and O–H groups in total. The molecule has 0 saturated heterocycles. The van der Waals surface area contributed by atoms with Gasteiger partial charge in [0.05, 0.1) is 19.8 Å². The Morgan fingerprint density at radius 3 is 1.94 bits per heavy atom. The van der Waals surface area contributed by atoms with Crippen LogP contribution in [0.2, 0.25) is 0 Å². The number of esters is 1. The van der Waals surface area contributed by atoms with Gasteiger partial charge in [0, 0.05) is 0 Å². The fourth-order valence-corrected chi connectivity index (χ4v) is 2.71. The van der Waals surface area contributed by atoms with Crippen molar-refractivity contribution in [3.05, 3.63) is 0 Å². The topological polar surface area (TPSA) is 61.8 Å². The Hall–Kier alpha value is -0.380. The summed E-state index contributed by atoms with van der Waals surface area (Å²) in [6.45, 7) is 6.82. The molecule has 0 spiro atoms. The molecule has 0 unspecified atom stereocenters. The van der Waals surface area contributed by atoms with Crippen LogP contribution in [0.15, 0.2) is 0 Å². The van der Waals surface area contributed by atoms with E-state index in [0.717, 1.165) is 25.7 Å². The highest BCUT2D eigenvalue weighted by Gasteiger charge is 2.29. The summed E-state index contributed by atoms with van der Waals surface area (Å²) in [7, 11) is -3.33. The number of ether oxygens (including phenoxy) is 1. The molecule has 0 bridgehead atoms. The fourth-order valence-electron chi connectivity index (χ4n) is 1.12. The first-order valence-electron chi connectivity index (χ1n) is 6.61. The lowest BCUT2D eigenvalue weighted by molar-refractivity contribution is -0.140. The Kier molecular flexibility index (Phi) is 10.3. The van der Waals surface area contributed by atoms with Gasteiger partial charge in [-0.25, -0.2) is 0 Å². The summed E-state index contributed by atoms with van der Waals surface area (Å²) < 4.78 is 27.6. The summed E-state index contributed by atoms with van der Waals surface area (Å²) >= 11 is 0. The third-order valence-electron chi connectivity index (χ3n) is 2.07. The number of carbonyl (C=O) groups excluding carboxylic acids is 1. The predicted molar refractivity (Wildman–Crippen MR) is 70.8 cm³/mol. The zero-order chi connectivity index (χ0) is 13.9. The van der Waals surface area contributed by atoms with E-state index < -0.39 is 13.6 Å². The van der Waals surface area contributed by atoms with Crippen molar-refractivity contribution in [1.29, 1.82) is 0 Å². The van der Waals surface area contributed by atoms with Crippen LogP contribution in [0.4, 0.5) is 0 Å². The predicted octanol–water partition coefficient (Wildman–Crippen LogP) is 3.38. The first-order valence-corrected chi connectivity index (χ1v) is 8.34. The van der Waals surface area contributed by atoms with Crippen LogP contribution in [0.1, 0.15) is 46.5 Å². The molecule has 0 saturated carbocycles. The Morgan fingerprint density at radius 1 is 0.944 bits per heavy atom. The van der Waals surface area contributed by atoms with Crippen LogP contribution < -0.4 is 0 Å². The summed E-state index contributed by atoms with van der Waals surface area (Å²) in [4.78, 5) is 11.5. The van der Waals surface area contributed by atoms with Crippen LogP contribution in [0.3, 0.4) is 0 Å². The Bertz CT molecular complexity index is 255. The second kappa shape index (κ2) is 10.5. The molecule has 5 nitrogen and oxygen atoms in total. The summed E-state index contributed by atoms with van der Waals surface area (Å²) in [6, 6.07) is 0. The molecule has 6 heteroatoms. The van der Waals surface area contributed by atoms with Crippen LogP contribution in [0.5, 0.6) is 0 Å². The molecule has 0 radical (unpaired) electrons. The van der Waals surface area contributed by atoms with Crippen molar-refractivity contribution in [2.24, 2.45) is 0 Å². The first kappa shape index (κ1) is 17.6. The average molecular weight is 280 g/mol. The number of hydrogen-bond donors (Lipinski definition) is 0. The number of rotatable bonds is 11. The van der Waals surface area contributed by atoms with Gasteiger partial charge in [-0.15, -0.1) is 0 Å². The lowest BCUT2D eigenvalue weighted by Crippen LogP contribution is -2.14. The summed E-state index contributed by atoms with van der Waals surface area (Å²) in [5.74, 6) is -0.515. The van der Waals surface area contributed by atoms with Gasteiger partial charge in [-0.3, -0.25) is 9.36 Å². The van der Waals surface area contributed by atoms with Crippen LogP contribution in [-0.2, 0) is 23.1 Å². The van der Waals surface area contributed by atoms with Crippen LogP contribution in [0.25, 0.3) is 0 Å². The Balaban J connectivity index is 4.20. The SMILES string of the molecule is CCCCOC(=O)CP(=O)(OCCC)OCCC. The zero-order valence-electron chi connectivity index (χ0n) is 11.6. The quantitative estimate of drug-likeness (QED) is 0.330. The molecule has 0 amide bonds. The third-order valence-corrected chi connectivity index (χ3v) is 3.87. The van der Waals surface area contributed by atoms with E-state index in [9.17, 15) is 9.36 Å². The van der Waals surface area contributed by atoms with Gasteiger partial charge in [0.1, 0.15) is 6.16 Å². The van der Waals surface area contributed by atoms with E-state index in [2.05, 4.69) is 0 Å². The van der Waals surface area contributed by atoms with Gasteiger partial charge >= 0.3 is 13.6 Å². The van der Waals surface area contributed by atoms with Crippen molar-refractivity contribution < 1.29 is 23.1 Å². The molecule has 0 aliphatic carbocycles. The van der Waals surface area contributed by atoms with Crippen molar-refractivity contribution in [3.8, 4) is 0 Å². The lowest BCUT2D eigenvalue weighted by Gasteiger charge is -2.17. The van der Waals surface area contributed by atoms with Gasteiger partial charge < -0.3 is 13.8 Å². The summed E-state index contributed by atoms with van der Waals surface area (Å²) in [5.41, 5.74) is 0. The molecule has 0 aliphatic heterocycles. The van der Waals surface area contributed by atoms with Crippen molar-refractivity contribution in [1.82, 2.24) is 0 Å². The smallest absolute Gasteiger partial charge is 0.341 e. The highest BCUT2D eigenvalue weighted by Crippen LogP contribution is 2.48. The van der Waals surface area contributed by atoms with Crippen molar-refractivity contribution in [3.63, 3.8) is 0 Å². The van der Waals surface area contributed by atoms with Crippen molar-refractivity contribution in [2.75, 3.05) is 26.0 Å². The number of carbonyl (C=O) groups is 1. The van der Waals surface area contributed by atoms with Gasteiger partial charge in [0.2, 0.25) is 0 Å². The molecule has 0 aromatic heterocycles. The molecule has 0 rings (SSSR count). The molecule has 0 aliphatic rings. The van der Waals surface area contributed by atoms with Gasteiger partial charge in [-0.2, -0.15) is 0 Å². The maximum absolute atomic E-state index is 12.2. The normalized spacial score (nSPS) is 11.5. The fraction of sp³-hybridized carbons (Fsp3) is 0.917. The van der Waals surface area contributed by atoms with Crippen molar-refractivity contribution in [2.45, 2.75) is 46.5 Å². The zero-order valence-corrected chi connectivity index (χ0v) is 12.5. The standard InChI is InChI=1S/C12H25O5P/c1-4-7-10-15-12(13)11-18(14,16-8-5-2)17-9-6-3/h4-11H2,1-3H3. The van der Waals surface area contributed by atoms with Crippen LogP contribution in [-0.4, -0.2) is 32.0 Å². The van der Waals surface area contributed by atoms with E-state index in [-0.39, 0.29) is 6.16 Å². The monoisotopic (exact) mass is 280 g/mol. The Labute approximate surface area is 110 Å². The molecule has 108 valence electrons. The van der Waals surface area contributed by atoms with Gasteiger partial charge in [0.15, 0.2) is 0 Å². The van der Waals surface area contributed by atoms with E-state index in [1.807, 2.05) is 20.8 Å². The average Bonchev–Trinajstić information content (AvgIpc) is 2.34. The number of hydrogen-bond acceptors (Lipinski definition) is 5. The molecule has 18 heavy (non-hydrogen) atoms. The second-order valence-electron chi connectivity index (χ2n) is 4.01. The molecule has 0 aromatic rings. The maximum Gasteiger partial charge on any atom is 0.341 e. The molecule has 0 heterocycles. The Morgan fingerprint density at radius 2 is 1.50 bits per heavy atom. The largest absolute Gasteiger partial charge is 0.465 e. The van der Waals surface area contributed by atoms with Gasteiger partial charge in [-0.1, -0.05) is 27.2 Å². The molecule has 0 aromatic carbocycles. The summed E-state index contributed by atoms with van der Waals surface area (Å²) in [6.07, 6.45) is 2.91. The third kappa shape index (κ3) is 8.67. The van der Waals surface area contributed by atoms with Gasteiger partial charge in [0.25, 0.3) is 0 Å². The van der Waals surface area contributed by atoms with E-state index in [1.165, 1.54) is 0 Å². The molecule has 0 fully saturated rings. The second-order valence-corrected chi connectivity index (χ2v) is 6.06. The van der Waals surface area contributed by atoms with E-state index >= 15 is 0 Å². The maximum atomic E-state index is 12.2. The lowest BCUT2D eigenvalue weighted by atomic mass is 10.4. The molecular formula is C12H25O5P. The van der Waals surface area contributed by atoms with E-state index in [1.54, 1.807) is 0 Å². The minimum atomic E-state index is -3.33. The van der Waals surface area contributed by atoms with E-state index in [4.69, 9.17) is 13.8 Å². The number of unbranched alkanes of at least 4 members (excludes halogenated alkanes) is 1. The van der Waals surface area contributed by atoms with Gasteiger partial charge in [-0.05, 0) is 19.3 Å². The van der Waals surface area contributed by atoms with Crippen molar-refractivity contribution >= 4 is 13.6 Å². The minimum Gasteiger partial charge on any atom is -0.465 e. The summed E-state index contributed by atoms with van der Waals surface area (Å²) in [5, 5.41) is 0. The van der Waals surface area contributed by atoms with Crippen LogP contribution >= 0.6 is 7.60 Å². The minimum absolute atomic E-state index is 0.295. The van der Waals surface area contributed by atoms with E-state index in [0.29, 0.717) is 19.8 Å².